The van der Waals surface area contributed by atoms with E-state index in [9.17, 15) is 4.79 Å². The van der Waals surface area contributed by atoms with E-state index < -0.39 is 0 Å². The molecule has 1 aliphatic rings. The van der Waals surface area contributed by atoms with Crippen LogP contribution in [0, 0.1) is 0 Å². The van der Waals surface area contributed by atoms with Crippen molar-refractivity contribution in [2.24, 2.45) is 12.0 Å². The molecule has 1 fully saturated rings. The third-order valence-electron chi connectivity index (χ3n) is 4.27. The number of aliphatic imine (C=N–C) groups is 1. The van der Waals surface area contributed by atoms with Gasteiger partial charge < -0.3 is 15.5 Å². The zero-order chi connectivity index (χ0) is 18.4. The zero-order valence-corrected chi connectivity index (χ0v) is 16.2. The average Bonchev–Trinajstić information content (AvgIpc) is 3.28. The van der Waals surface area contributed by atoms with Gasteiger partial charge >= 0.3 is 0 Å². The van der Waals surface area contributed by atoms with Crippen molar-refractivity contribution in [3.8, 4) is 0 Å². The molecule has 0 atom stereocenters. The van der Waals surface area contributed by atoms with E-state index in [4.69, 9.17) is 0 Å². The largest absolute Gasteiger partial charge is 0.356 e. The molecular weight excluding hydrogens is 316 g/mol. The lowest BCUT2D eigenvalue weighted by Crippen LogP contribution is -2.39. The van der Waals surface area contributed by atoms with Crippen molar-refractivity contribution >= 4 is 11.9 Å². The Balaban J connectivity index is 1.78. The molecule has 1 amide bonds. The van der Waals surface area contributed by atoms with Crippen molar-refractivity contribution in [2.75, 3.05) is 20.6 Å². The lowest BCUT2D eigenvalue weighted by molar-refractivity contribution is -0.121. The topological polar surface area (TPSA) is 74.6 Å². The van der Waals surface area contributed by atoms with Gasteiger partial charge in [-0.05, 0) is 25.2 Å². The molecule has 0 spiro atoms. The molecule has 7 heteroatoms. The number of guanidine groups is 1. The van der Waals surface area contributed by atoms with Gasteiger partial charge in [0.25, 0.3) is 0 Å². The SMILES string of the molecule is CN=C(NCCCC(=O)NC1CC1)N(C)Cc1cn(C)nc1C(C)C. The fourth-order valence-corrected chi connectivity index (χ4v) is 2.85. The molecule has 0 bridgehead atoms. The number of carbonyl (C=O) groups excluding carboxylic acids is 1. The van der Waals surface area contributed by atoms with Crippen LogP contribution in [0.3, 0.4) is 0 Å². The quantitative estimate of drug-likeness (QED) is 0.425. The van der Waals surface area contributed by atoms with Crippen LogP contribution in [-0.2, 0) is 18.4 Å². The number of nitrogens with zero attached hydrogens (tertiary/aromatic N) is 4. The van der Waals surface area contributed by atoms with Crippen LogP contribution < -0.4 is 10.6 Å². The second kappa shape index (κ2) is 8.87. The molecule has 1 aliphatic carbocycles. The van der Waals surface area contributed by atoms with E-state index in [1.165, 1.54) is 5.56 Å². The third kappa shape index (κ3) is 6.07. The summed E-state index contributed by atoms with van der Waals surface area (Å²) in [6.45, 7) is 5.81. The number of carbonyl (C=O) groups is 1. The van der Waals surface area contributed by atoms with Crippen LogP contribution in [0.25, 0.3) is 0 Å². The van der Waals surface area contributed by atoms with Crippen molar-refractivity contribution in [1.29, 1.82) is 0 Å². The number of aryl methyl sites for hydroxylation is 1. The first-order chi connectivity index (χ1) is 11.9. The minimum Gasteiger partial charge on any atom is -0.356 e. The highest BCUT2D eigenvalue weighted by molar-refractivity contribution is 5.80. The highest BCUT2D eigenvalue weighted by Crippen LogP contribution is 2.19. The van der Waals surface area contributed by atoms with Crippen LogP contribution in [0.2, 0.25) is 0 Å². The molecule has 1 aromatic heterocycles. The highest BCUT2D eigenvalue weighted by atomic mass is 16.1. The van der Waals surface area contributed by atoms with Crippen molar-refractivity contribution in [1.82, 2.24) is 25.3 Å². The number of nitrogens with one attached hydrogen (secondary N) is 2. The summed E-state index contributed by atoms with van der Waals surface area (Å²) in [5.41, 5.74) is 2.34. The maximum atomic E-state index is 11.7. The van der Waals surface area contributed by atoms with E-state index in [1.807, 2.05) is 18.8 Å². The Labute approximate surface area is 150 Å². The normalized spacial score (nSPS) is 14.7. The second-order valence-electron chi connectivity index (χ2n) is 7.14. The number of hydrogen-bond donors (Lipinski definition) is 2. The maximum absolute atomic E-state index is 11.7. The first-order valence-electron chi connectivity index (χ1n) is 9.14. The van der Waals surface area contributed by atoms with Gasteiger partial charge in [0.2, 0.25) is 5.91 Å². The van der Waals surface area contributed by atoms with Crippen molar-refractivity contribution in [2.45, 2.75) is 58.0 Å². The molecular formula is C18H32N6O. The number of rotatable bonds is 8. The number of aromatic nitrogens is 2. The standard InChI is InChI=1S/C18H32N6O/c1-13(2)17-14(12-24(5)22-17)11-23(4)18(19-3)20-10-6-7-16(25)21-15-8-9-15/h12-13,15H,6-11H2,1-5H3,(H,19,20)(H,21,25). The van der Waals surface area contributed by atoms with Crippen molar-refractivity contribution < 1.29 is 4.79 Å². The summed E-state index contributed by atoms with van der Waals surface area (Å²) < 4.78 is 1.87. The van der Waals surface area contributed by atoms with E-state index in [0.29, 0.717) is 18.4 Å². The van der Waals surface area contributed by atoms with Crippen molar-refractivity contribution in [3.63, 3.8) is 0 Å². The van der Waals surface area contributed by atoms with Crippen LogP contribution in [0.4, 0.5) is 0 Å². The lowest BCUT2D eigenvalue weighted by Gasteiger charge is -2.22. The van der Waals surface area contributed by atoms with Crippen LogP contribution >= 0.6 is 0 Å². The average molecular weight is 348 g/mol. The Morgan fingerprint density at radius 2 is 2.20 bits per heavy atom. The summed E-state index contributed by atoms with van der Waals surface area (Å²) in [5, 5.41) is 10.9. The first kappa shape index (κ1) is 19.3. The van der Waals surface area contributed by atoms with Crippen LogP contribution in [-0.4, -0.2) is 53.2 Å². The van der Waals surface area contributed by atoms with Gasteiger partial charge in [-0.2, -0.15) is 5.10 Å². The predicted octanol–water partition coefficient (Wildman–Crippen LogP) is 1.61. The molecule has 0 radical (unpaired) electrons. The fraction of sp³-hybridized carbons (Fsp3) is 0.722. The molecule has 0 unspecified atom stereocenters. The lowest BCUT2D eigenvalue weighted by atomic mass is 10.1. The van der Waals surface area contributed by atoms with E-state index in [2.05, 4.69) is 45.7 Å². The van der Waals surface area contributed by atoms with Gasteiger partial charge in [0.15, 0.2) is 5.96 Å². The summed E-state index contributed by atoms with van der Waals surface area (Å²) in [7, 11) is 5.76. The molecule has 7 nitrogen and oxygen atoms in total. The molecule has 1 aromatic rings. The Morgan fingerprint density at radius 1 is 1.48 bits per heavy atom. The monoisotopic (exact) mass is 348 g/mol. The first-order valence-corrected chi connectivity index (χ1v) is 9.14. The number of hydrogen-bond acceptors (Lipinski definition) is 3. The highest BCUT2D eigenvalue weighted by Gasteiger charge is 2.22. The van der Waals surface area contributed by atoms with E-state index in [-0.39, 0.29) is 5.91 Å². The third-order valence-corrected chi connectivity index (χ3v) is 4.27. The van der Waals surface area contributed by atoms with Gasteiger partial charge in [-0.3, -0.25) is 14.5 Å². The Bertz CT molecular complexity index is 603. The Kier molecular flexibility index (Phi) is 6.84. The maximum Gasteiger partial charge on any atom is 0.220 e. The predicted molar refractivity (Wildman–Crippen MR) is 101 cm³/mol. The van der Waals surface area contributed by atoms with Gasteiger partial charge in [0.1, 0.15) is 0 Å². The van der Waals surface area contributed by atoms with Crippen LogP contribution in [0.1, 0.15) is 56.7 Å². The summed E-state index contributed by atoms with van der Waals surface area (Å²) in [6.07, 6.45) is 5.70. The van der Waals surface area contributed by atoms with Crippen LogP contribution in [0.5, 0.6) is 0 Å². The Hall–Kier alpha value is -2.05. The van der Waals surface area contributed by atoms with Crippen molar-refractivity contribution in [3.05, 3.63) is 17.5 Å². The van der Waals surface area contributed by atoms with Gasteiger partial charge in [-0.25, -0.2) is 0 Å². The molecule has 140 valence electrons. The molecule has 0 aliphatic heterocycles. The summed E-state index contributed by atoms with van der Waals surface area (Å²) >= 11 is 0. The molecule has 25 heavy (non-hydrogen) atoms. The second-order valence-corrected chi connectivity index (χ2v) is 7.14. The molecule has 0 aromatic carbocycles. The van der Waals surface area contributed by atoms with Gasteiger partial charge in [0, 0.05) is 58.5 Å². The van der Waals surface area contributed by atoms with Gasteiger partial charge in [-0.15, -0.1) is 0 Å². The van der Waals surface area contributed by atoms with E-state index >= 15 is 0 Å². The Morgan fingerprint density at radius 3 is 2.80 bits per heavy atom. The summed E-state index contributed by atoms with van der Waals surface area (Å²) in [5.74, 6) is 1.38. The van der Waals surface area contributed by atoms with E-state index in [0.717, 1.165) is 44.0 Å². The molecule has 1 saturated carbocycles. The zero-order valence-electron chi connectivity index (χ0n) is 16.2. The van der Waals surface area contributed by atoms with E-state index in [1.54, 1.807) is 7.05 Å². The summed E-state index contributed by atoms with van der Waals surface area (Å²) in [4.78, 5) is 18.1. The van der Waals surface area contributed by atoms with Gasteiger partial charge in [0.05, 0.1) is 5.69 Å². The smallest absolute Gasteiger partial charge is 0.220 e. The fourth-order valence-electron chi connectivity index (χ4n) is 2.85. The minimum absolute atomic E-state index is 0.157. The summed E-state index contributed by atoms with van der Waals surface area (Å²) in [6, 6.07) is 0.439. The molecule has 0 saturated heterocycles. The van der Waals surface area contributed by atoms with Crippen LogP contribution in [0.15, 0.2) is 11.2 Å². The van der Waals surface area contributed by atoms with Gasteiger partial charge in [-0.1, -0.05) is 13.8 Å². The minimum atomic E-state index is 0.157. The molecule has 2 N–H and O–H groups in total. The number of amides is 1. The molecule has 1 heterocycles. The molecule has 2 rings (SSSR count).